The summed E-state index contributed by atoms with van der Waals surface area (Å²) in [6.45, 7) is 2.33. The lowest BCUT2D eigenvalue weighted by Crippen LogP contribution is -2.46. The molecule has 0 bridgehead atoms. The van der Waals surface area contributed by atoms with Gasteiger partial charge in [0.1, 0.15) is 6.04 Å². The Balaban J connectivity index is 1.87. The Kier molecular flexibility index (Phi) is 10.9. The normalized spacial score (nSPS) is 12.3. The molecule has 0 saturated carbocycles. The zero-order valence-corrected chi connectivity index (χ0v) is 22.3. The third kappa shape index (κ3) is 9.13. The molecule has 0 aliphatic heterocycles. The van der Waals surface area contributed by atoms with E-state index in [0.29, 0.717) is 5.56 Å². The molecule has 0 aromatic heterocycles. The molecular formula is C32H34F3NO3. The molecule has 0 heterocycles. The smallest absolute Gasteiger partial charge is 0.416 e. The molecule has 0 fully saturated rings. The van der Waals surface area contributed by atoms with E-state index in [1.807, 2.05) is 54.6 Å². The Bertz CT molecular complexity index is 1220. The van der Waals surface area contributed by atoms with Crippen molar-refractivity contribution in [3.05, 3.63) is 113 Å². The summed E-state index contributed by atoms with van der Waals surface area (Å²) in [5, 5.41) is 0. The maximum absolute atomic E-state index is 13.5. The summed E-state index contributed by atoms with van der Waals surface area (Å²) in [7, 11) is 1.28. The second-order valence-corrected chi connectivity index (χ2v) is 9.42. The number of unbranched alkanes of at least 4 members (excludes halogenated alkanes) is 2. The quantitative estimate of drug-likeness (QED) is 0.139. The molecule has 7 heteroatoms. The molecule has 0 radical (unpaired) electrons. The molecule has 3 aromatic rings. The first-order valence-corrected chi connectivity index (χ1v) is 13.1. The van der Waals surface area contributed by atoms with Crippen molar-refractivity contribution in [1.82, 2.24) is 4.90 Å². The number of methoxy groups -OCH3 is 1. The van der Waals surface area contributed by atoms with Crippen LogP contribution in [0.4, 0.5) is 13.2 Å². The maximum atomic E-state index is 13.5. The first-order valence-electron chi connectivity index (χ1n) is 13.1. The lowest BCUT2D eigenvalue weighted by atomic mass is 10.0. The van der Waals surface area contributed by atoms with Crippen molar-refractivity contribution in [2.75, 3.05) is 7.11 Å². The van der Waals surface area contributed by atoms with Crippen LogP contribution in [-0.4, -0.2) is 29.9 Å². The SMILES string of the molecule is CCCCCc1ccc(CN(C(=O)/C=C/c2ccc(C(F)(F)F)cc2)C(Cc2ccccc2)C(=O)OC)cc1. The van der Waals surface area contributed by atoms with Crippen molar-refractivity contribution in [2.45, 2.75) is 57.8 Å². The molecule has 1 unspecified atom stereocenters. The number of aryl methyl sites for hydroxylation is 1. The summed E-state index contributed by atoms with van der Waals surface area (Å²) in [6, 6.07) is 21.0. The van der Waals surface area contributed by atoms with Crippen LogP contribution in [0, 0.1) is 0 Å². The van der Waals surface area contributed by atoms with E-state index in [1.165, 1.54) is 41.9 Å². The van der Waals surface area contributed by atoms with Gasteiger partial charge < -0.3 is 9.64 Å². The third-order valence-electron chi connectivity index (χ3n) is 6.51. The Morgan fingerprint density at radius 2 is 1.51 bits per heavy atom. The first-order chi connectivity index (χ1) is 18.7. The molecule has 1 amide bonds. The minimum atomic E-state index is -4.44. The number of amides is 1. The van der Waals surface area contributed by atoms with Crippen molar-refractivity contribution in [2.24, 2.45) is 0 Å². The fourth-order valence-electron chi connectivity index (χ4n) is 4.27. The van der Waals surface area contributed by atoms with E-state index in [1.54, 1.807) is 0 Å². The zero-order chi connectivity index (χ0) is 28.3. The minimum Gasteiger partial charge on any atom is -0.467 e. The maximum Gasteiger partial charge on any atom is 0.416 e. The Morgan fingerprint density at radius 1 is 0.872 bits per heavy atom. The predicted molar refractivity (Wildman–Crippen MR) is 147 cm³/mol. The molecule has 0 saturated heterocycles. The van der Waals surface area contributed by atoms with Gasteiger partial charge in [-0.1, -0.05) is 86.5 Å². The number of hydrogen-bond donors (Lipinski definition) is 0. The van der Waals surface area contributed by atoms with Gasteiger partial charge in [-0.15, -0.1) is 0 Å². The van der Waals surface area contributed by atoms with Crippen molar-refractivity contribution in [1.29, 1.82) is 0 Å². The van der Waals surface area contributed by atoms with E-state index < -0.39 is 29.7 Å². The number of nitrogens with zero attached hydrogens (tertiary/aromatic N) is 1. The van der Waals surface area contributed by atoms with E-state index in [2.05, 4.69) is 6.92 Å². The molecule has 0 aliphatic rings. The molecule has 206 valence electrons. The van der Waals surface area contributed by atoms with E-state index in [9.17, 15) is 22.8 Å². The molecule has 3 rings (SSSR count). The Morgan fingerprint density at radius 3 is 2.10 bits per heavy atom. The van der Waals surface area contributed by atoms with Crippen LogP contribution >= 0.6 is 0 Å². The summed E-state index contributed by atoms with van der Waals surface area (Å²) in [6.07, 6.45) is 2.93. The van der Waals surface area contributed by atoms with Gasteiger partial charge >= 0.3 is 12.1 Å². The molecule has 39 heavy (non-hydrogen) atoms. The van der Waals surface area contributed by atoms with Gasteiger partial charge in [0.15, 0.2) is 0 Å². The van der Waals surface area contributed by atoms with Gasteiger partial charge in [-0.3, -0.25) is 4.79 Å². The lowest BCUT2D eigenvalue weighted by Gasteiger charge is -2.29. The largest absolute Gasteiger partial charge is 0.467 e. The van der Waals surface area contributed by atoms with Crippen LogP contribution < -0.4 is 0 Å². The number of hydrogen-bond acceptors (Lipinski definition) is 3. The van der Waals surface area contributed by atoms with Gasteiger partial charge in [0.2, 0.25) is 5.91 Å². The van der Waals surface area contributed by atoms with Crippen LogP contribution in [0.2, 0.25) is 0 Å². The summed E-state index contributed by atoms with van der Waals surface area (Å²) in [4.78, 5) is 27.9. The van der Waals surface area contributed by atoms with Gasteiger partial charge in [-0.25, -0.2) is 4.79 Å². The summed E-state index contributed by atoms with van der Waals surface area (Å²) in [5.74, 6) is -1.00. The second-order valence-electron chi connectivity index (χ2n) is 9.42. The Labute approximate surface area is 228 Å². The van der Waals surface area contributed by atoms with Crippen LogP contribution in [0.1, 0.15) is 54.0 Å². The topological polar surface area (TPSA) is 46.6 Å². The standard InChI is InChI=1S/C32H34F3NO3/c1-3-4-6-9-24-12-14-27(15-13-24)23-36(29(31(38)39-2)22-26-10-7-5-8-11-26)30(37)21-18-25-16-19-28(20-17-25)32(33,34)35/h5,7-8,10-21,29H,3-4,6,9,22-23H2,1-2H3/b21-18+. The fourth-order valence-corrected chi connectivity index (χ4v) is 4.27. The number of alkyl halides is 3. The molecule has 4 nitrogen and oxygen atoms in total. The molecule has 1 atom stereocenters. The van der Waals surface area contributed by atoms with Gasteiger partial charge in [0.25, 0.3) is 0 Å². The van der Waals surface area contributed by atoms with Crippen LogP contribution in [0.25, 0.3) is 6.08 Å². The number of carbonyl (C=O) groups excluding carboxylic acids is 2. The third-order valence-corrected chi connectivity index (χ3v) is 6.51. The summed E-state index contributed by atoms with van der Waals surface area (Å²) in [5.41, 5.74) is 2.60. The molecule has 0 aliphatic carbocycles. The van der Waals surface area contributed by atoms with Gasteiger partial charge in [0, 0.05) is 19.0 Å². The molecule has 3 aromatic carbocycles. The highest BCUT2D eigenvalue weighted by atomic mass is 19.4. The second kappa shape index (κ2) is 14.3. The number of halogens is 3. The first kappa shape index (κ1) is 29.7. The average Bonchev–Trinajstić information content (AvgIpc) is 2.94. The van der Waals surface area contributed by atoms with E-state index in [0.717, 1.165) is 48.9 Å². The number of rotatable bonds is 12. The summed E-state index contributed by atoms with van der Waals surface area (Å²) >= 11 is 0. The zero-order valence-electron chi connectivity index (χ0n) is 22.3. The van der Waals surface area contributed by atoms with Crippen molar-refractivity contribution in [3.63, 3.8) is 0 Å². The number of benzene rings is 3. The van der Waals surface area contributed by atoms with Gasteiger partial charge in [-0.2, -0.15) is 13.2 Å². The molecule has 0 spiro atoms. The predicted octanol–water partition coefficient (Wildman–Crippen LogP) is 7.26. The fraction of sp³-hybridized carbons (Fsp3) is 0.312. The Hall–Kier alpha value is -3.87. The number of ether oxygens (including phenoxy) is 1. The molecular weight excluding hydrogens is 503 g/mol. The van der Waals surface area contributed by atoms with E-state index >= 15 is 0 Å². The monoisotopic (exact) mass is 537 g/mol. The van der Waals surface area contributed by atoms with Gasteiger partial charge in [0.05, 0.1) is 12.7 Å². The van der Waals surface area contributed by atoms with E-state index in [4.69, 9.17) is 4.74 Å². The highest BCUT2D eigenvalue weighted by Crippen LogP contribution is 2.29. The van der Waals surface area contributed by atoms with E-state index in [-0.39, 0.29) is 13.0 Å². The van der Waals surface area contributed by atoms with Gasteiger partial charge in [-0.05, 0) is 53.3 Å². The minimum absolute atomic E-state index is 0.165. The van der Waals surface area contributed by atoms with Crippen LogP contribution in [0.5, 0.6) is 0 Å². The van der Waals surface area contributed by atoms with Crippen molar-refractivity contribution in [3.8, 4) is 0 Å². The number of carbonyl (C=O) groups is 2. The highest BCUT2D eigenvalue weighted by Gasteiger charge is 2.31. The lowest BCUT2D eigenvalue weighted by molar-refractivity contribution is -0.151. The van der Waals surface area contributed by atoms with Crippen LogP contribution in [0.15, 0.2) is 84.9 Å². The van der Waals surface area contributed by atoms with Crippen LogP contribution in [-0.2, 0) is 39.9 Å². The van der Waals surface area contributed by atoms with Crippen molar-refractivity contribution < 1.29 is 27.5 Å². The molecule has 0 N–H and O–H groups in total. The van der Waals surface area contributed by atoms with Crippen LogP contribution in [0.3, 0.4) is 0 Å². The summed E-state index contributed by atoms with van der Waals surface area (Å²) < 4.78 is 43.8. The highest BCUT2D eigenvalue weighted by molar-refractivity contribution is 5.94. The number of esters is 1. The average molecular weight is 538 g/mol. The van der Waals surface area contributed by atoms with Crippen molar-refractivity contribution >= 4 is 18.0 Å².